The lowest BCUT2D eigenvalue weighted by molar-refractivity contribution is -0.113. The standard InChI is InChI=1S/C20H17NO5S2/c1-3-26-16-10-12(4-9-15(16)22)11-17-18(23)21(20(27)28-17)14-7-5-13(6-8-14)19(24)25-2/h4-11,22H,3H2,1-2H3/b17-11-. The molecule has 8 heteroatoms. The van der Waals surface area contributed by atoms with E-state index in [1.54, 1.807) is 42.5 Å². The van der Waals surface area contributed by atoms with Gasteiger partial charge >= 0.3 is 5.97 Å². The average molecular weight is 415 g/mol. The number of thioether (sulfide) groups is 1. The van der Waals surface area contributed by atoms with Gasteiger partial charge in [0.2, 0.25) is 0 Å². The van der Waals surface area contributed by atoms with Gasteiger partial charge in [0.15, 0.2) is 15.8 Å². The quantitative estimate of drug-likeness (QED) is 0.450. The molecule has 0 unspecified atom stereocenters. The van der Waals surface area contributed by atoms with Gasteiger partial charge in [-0.15, -0.1) is 0 Å². The Hall–Kier alpha value is -2.84. The molecule has 0 spiro atoms. The summed E-state index contributed by atoms with van der Waals surface area (Å²) < 4.78 is 10.4. The molecule has 1 saturated heterocycles. The predicted octanol–water partition coefficient (Wildman–Crippen LogP) is 3.98. The third-order valence-corrected chi connectivity index (χ3v) is 5.22. The third kappa shape index (κ3) is 4.02. The van der Waals surface area contributed by atoms with Crippen molar-refractivity contribution < 1.29 is 24.2 Å². The van der Waals surface area contributed by atoms with Crippen LogP contribution in [0, 0.1) is 0 Å². The summed E-state index contributed by atoms with van der Waals surface area (Å²) in [7, 11) is 1.31. The summed E-state index contributed by atoms with van der Waals surface area (Å²) in [6.07, 6.45) is 1.70. The number of phenols is 1. The summed E-state index contributed by atoms with van der Waals surface area (Å²) >= 11 is 6.54. The normalized spacial score (nSPS) is 15.2. The van der Waals surface area contributed by atoms with Crippen LogP contribution in [0.4, 0.5) is 5.69 Å². The van der Waals surface area contributed by atoms with Gasteiger partial charge in [-0.2, -0.15) is 0 Å². The highest BCUT2D eigenvalue weighted by Crippen LogP contribution is 2.37. The zero-order valence-electron chi connectivity index (χ0n) is 15.2. The zero-order chi connectivity index (χ0) is 20.3. The summed E-state index contributed by atoms with van der Waals surface area (Å²) in [6, 6.07) is 11.3. The zero-order valence-corrected chi connectivity index (χ0v) is 16.8. The van der Waals surface area contributed by atoms with E-state index in [9.17, 15) is 14.7 Å². The van der Waals surface area contributed by atoms with E-state index in [0.29, 0.717) is 38.4 Å². The molecule has 1 aliphatic rings. The Kier molecular flexibility index (Phi) is 6.01. The molecule has 1 fully saturated rings. The molecule has 0 bridgehead atoms. The minimum atomic E-state index is -0.450. The van der Waals surface area contributed by atoms with Crippen molar-refractivity contribution in [3.63, 3.8) is 0 Å². The monoisotopic (exact) mass is 415 g/mol. The van der Waals surface area contributed by atoms with Gasteiger partial charge in [0, 0.05) is 0 Å². The molecule has 144 valence electrons. The third-order valence-electron chi connectivity index (χ3n) is 3.92. The van der Waals surface area contributed by atoms with Gasteiger partial charge in [-0.1, -0.05) is 30.0 Å². The molecular weight excluding hydrogens is 398 g/mol. The molecule has 28 heavy (non-hydrogen) atoms. The van der Waals surface area contributed by atoms with Crippen LogP contribution in [-0.2, 0) is 9.53 Å². The maximum atomic E-state index is 12.9. The van der Waals surface area contributed by atoms with Gasteiger partial charge < -0.3 is 14.6 Å². The summed E-state index contributed by atoms with van der Waals surface area (Å²) in [5, 5.41) is 9.81. The smallest absolute Gasteiger partial charge is 0.337 e. The van der Waals surface area contributed by atoms with Gasteiger partial charge in [0.1, 0.15) is 0 Å². The van der Waals surface area contributed by atoms with Crippen molar-refractivity contribution in [2.75, 3.05) is 18.6 Å². The molecule has 0 saturated carbocycles. The Labute approximate surface area is 171 Å². The lowest BCUT2D eigenvalue weighted by Gasteiger charge is -2.14. The number of phenolic OH excluding ortho intramolecular Hbond substituents is 1. The maximum Gasteiger partial charge on any atom is 0.337 e. The average Bonchev–Trinajstić information content (AvgIpc) is 2.97. The molecule has 1 aliphatic heterocycles. The largest absolute Gasteiger partial charge is 0.504 e. The first-order chi connectivity index (χ1) is 13.4. The van der Waals surface area contributed by atoms with Crippen LogP contribution in [0.2, 0.25) is 0 Å². The van der Waals surface area contributed by atoms with Crippen molar-refractivity contribution in [1.82, 2.24) is 0 Å². The number of aromatic hydroxyl groups is 1. The summed E-state index contributed by atoms with van der Waals surface area (Å²) in [5.74, 6) is -0.316. The second kappa shape index (κ2) is 8.45. The first-order valence-corrected chi connectivity index (χ1v) is 9.59. The molecule has 1 N–H and O–H groups in total. The molecule has 1 heterocycles. The molecular formula is C20H17NO5S2. The Balaban J connectivity index is 1.86. The van der Waals surface area contributed by atoms with Gasteiger partial charge in [-0.3, -0.25) is 9.69 Å². The van der Waals surface area contributed by atoms with Crippen LogP contribution in [-0.4, -0.2) is 35.0 Å². The van der Waals surface area contributed by atoms with E-state index in [1.165, 1.54) is 29.8 Å². The minimum absolute atomic E-state index is 0.0391. The van der Waals surface area contributed by atoms with E-state index in [4.69, 9.17) is 17.0 Å². The first kappa shape index (κ1) is 19.9. The van der Waals surface area contributed by atoms with E-state index in [0.717, 1.165) is 0 Å². The van der Waals surface area contributed by atoms with Crippen molar-refractivity contribution in [3.8, 4) is 11.5 Å². The highest BCUT2D eigenvalue weighted by Gasteiger charge is 2.33. The Morgan fingerprint density at radius 2 is 1.96 bits per heavy atom. The number of hydrogen-bond donors (Lipinski definition) is 1. The van der Waals surface area contributed by atoms with Gasteiger partial charge in [0.25, 0.3) is 5.91 Å². The fourth-order valence-corrected chi connectivity index (χ4v) is 3.90. The van der Waals surface area contributed by atoms with Crippen molar-refractivity contribution in [3.05, 3.63) is 58.5 Å². The molecule has 2 aromatic rings. The summed E-state index contributed by atoms with van der Waals surface area (Å²) in [5.41, 5.74) is 1.67. The molecule has 0 atom stereocenters. The molecule has 6 nitrogen and oxygen atoms in total. The lowest BCUT2D eigenvalue weighted by atomic mass is 10.1. The van der Waals surface area contributed by atoms with E-state index >= 15 is 0 Å². The van der Waals surface area contributed by atoms with Crippen molar-refractivity contribution in [2.24, 2.45) is 0 Å². The Morgan fingerprint density at radius 3 is 2.61 bits per heavy atom. The number of nitrogens with zero attached hydrogens (tertiary/aromatic N) is 1. The van der Waals surface area contributed by atoms with Crippen LogP contribution in [0.25, 0.3) is 6.08 Å². The van der Waals surface area contributed by atoms with Crippen molar-refractivity contribution >= 4 is 51.9 Å². The number of methoxy groups -OCH3 is 1. The number of hydrogen-bond acceptors (Lipinski definition) is 7. The first-order valence-electron chi connectivity index (χ1n) is 8.36. The van der Waals surface area contributed by atoms with E-state index in [1.807, 2.05) is 6.92 Å². The van der Waals surface area contributed by atoms with Crippen molar-refractivity contribution in [2.45, 2.75) is 6.92 Å². The highest BCUT2D eigenvalue weighted by molar-refractivity contribution is 8.27. The molecule has 3 rings (SSSR count). The van der Waals surface area contributed by atoms with E-state index < -0.39 is 5.97 Å². The number of carbonyl (C=O) groups is 2. The highest BCUT2D eigenvalue weighted by atomic mass is 32.2. The summed E-state index contributed by atoms with van der Waals surface area (Å²) in [6.45, 7) is 2.24. The van der Waals surface area contributed by atoms with Crippen LogP contribution in [0.3, 0.4) is 0 Å². The minimum Gasteiger partial charge on any atom is -0.504 e. The molecule has 0 aliphatic carbocycles. The number of carbonyl (C=O) groups excluding carboxylic acids is 2. The molecule has 2 aromatic carbocycles. The summed E-state index contributed by atoms with van der Waals surface area (Å²) in [4.78, 5) is 26.3. The van der Waals surface area contributed by atoms with Crippen LogP contribution in [0.1, 0.15) is 22.8 Å². The van der Waals surface area contributed by atoms with Crippen LogP contribution in [0.15, 0.2) is 47.4 Å². The second-order valence-electron chi connectivity index (χ2n) is 5.72. The number of benzene rings is 2. The maximum absolute atomic E-state index is 12.9. The van der Waals surface area contributed by atoms with E-state index in [-0.39, 0.29) is 11.7 Å². The number of anilines is 1. The predicted molar refractivity (Wildman–Crippen MR) is 113 cm³/mol. The Morgan fingerprint density at radius 1 is 1.25 bits per heavy atom. The van der Waals surface area contributed by atoms with Crippen molar-refractivity contribution in [1.29, 1.82) is 0 Å². The van der Waals surface area contributed by atoms with Gasteiger partial charge in [-0.25, -0.2) is 4.79 Å². The van der Waals surface area contributed by atoms with Crippen LogP contribution >= 0.6 is 24.0 Å². The molecule has 1 amide bonds. The molecule has 0 radical (unpaired) electrons. The second-order valence-corrected chi connectivity index (χ2v) is 7.39. The number of ether oxygens (including phenoxy) is 2. The van der Waals surface area contributed by atoms with Gasteiger partial charge in [0.05, 0.1) is 29.9 Å². The SMILES string of the molecule is CCOc1cc(/C=C2\SC(=S)N(c3ccc(C(=O)OC)cc3)C2=O)ccc1O. The topological polar surface area (TPSA) is 76.1 Å². The number of amides is 1. The van der Waals surface area contributed by atoms with Crippen LogP contribution < -0.4 is 9.64 Å². The number of rotatable bonds is 5. The van der Waals surface area contributed by atoms with E-state index in [2.05, 4.69) is 4.74 Å². The fraction of sp³-hybridized carbons (Fsp3) is 0.150. The number of esters is 1. The molecule has 0 aromatic heterocycles. The van der Waals surface area contributed by atoms with Gasteiger partial charge in [-0.05, 0) is 55.0 Å². The lowest BCUT2D eigenvalue weighted by Crippen LogP contribution is -2.27. The fourth-order valence-electron chi connectivity index (χ4n) is 2.60. The Bertz CT molecular complexity index is 969. The number of thiocarbonyl (C=S) groups is 1. The van der Waals surface area contributed by atoms with Crippen LogP contribution in [0.5, 0.6) is 11.5 Å².